The van der Waals surface area contributed by atoms with Crippen molar-refractivity contribution in [2.75, 3.05) is 0 Å². The minimum Gasteiger partial charge on any atom is -0.206 e. The maximum atomic E-state index is 13.9. The Kier molecular flexibility index (Phi) is 3.79. The van der Waals surface area contributed by atoms with Crippen molar-refractivity contribution < 1.29 is 4.39 Å². The summed E-state index contributed by atoms with van der Waals surface area (Å²) in [4.78, 5) is 0. The van der Waals surface area contributed by atoms with Crippen molar-refractivity contribution >= 4 is 18.8 Å². The fourth-order valence-electron chi connectivity index (χ4n) is 1.85. The fraction of sp³-hybridized carbons (Fsp3) is 0. The Hall–Kier alpha value is -2.47. The third kappa shape index (κ3) is 2.85. The van der Waals surface area contributed by atoms with Crippen molar-refractivity contribution in [3.8, 4) is 11.4 Å². The van der Waals surface area contributed by atoms with E-state index in [9.17, 15) is 4.39 Å². The Morgan fingerprint density at radius 1 is 1.00 bits per heavy atom. The van der Waals surface area contributed by atoms with Gasteiger partial charge in [-0.05, 0) is 17.7 Å². The maximum absolute atomic E-state index is 13.9. The lowest BCUT2D eigenvalue weighted by molar-refractivity contribution is 0.628. The molecule has 0 amide bonds. The lowest BCUT2D eigenvalue weighted by Crippen LogP contribution is -1.97. The first-order chi connectivity index (χ1) is 10.3. The lowest BCUT2D eigenvalue weighted by Gasteiger charge is -2.03. The van der Waals surface area contributed by atoms with Gasteiger partial charge in [-0.3, -0.25) is 0 Å². The molecule has 1 aromatic heterocycles. The molecule has 0 aliphatic heterocycles. The second-order valence-electron chi connectivity index (χ2n) is 4.27. The van der Waals surface area contributed by atoms with E-state index in [0.717, 1.165) is 5.56 Å². The monoisotopic (exact) mass is 298 g/mol. The summed E-state index contributed by atoms with van der Waals surface area (Å²) in [6.07, 6.45) is 1.65. The van der Waals surface area contributed by atoms with Gasteiger partial charge in [-0.25, -0.2) is 4.39 Å². The van der Waals surface area contributed by atoms with Gasteiger partial charge >= 0.3 is 0 Å². The van der Waals surface area contributed by atoms with E-state index in [1.54, 1.807) is 24.4 Å². The Labute approximate surface area is 126 Å². The first kappa shape index (κ1) is 13.5. The topological polar surface area (TPSA) is 43.1 Å². The standard InChI is InChI=1S/C15H11FN4S/c16-13-9-5-4-8-12(13)14-18-19-15(21)20(14)17-10-11-6-2-1-3-7-11/h1-10H,(H,19,21)/b17-10+. The highest BCUT2D eigenvalue weighted by Crippen LogP contribution is 2.22. The highest BCUT2D eigenvalue weighted by atomic mass is 32.1. The summed E-state index contributed by atoms with van der Waals surface area (Å²) in [6, 6.07) is 15.9. The molecule has 0 fully saturated rings. The summed E-state index contributed by atoms with van der Waals surface area (Å²) in [5.41, 5.74) is 1.24. The molecule has 104 valence electrons. The van der Waals surface area contributed by atoms with E-state index in [1.807, 2.05) is 30.3 Å². The van der Waals surface area contributed by atoms with E-state index >= 15 is 0 Å². The summed E-state index contributed by atoms with van der Waals surface area (Å²) in [5, 5.41) is 12.4. The summed E-state index contributed by atoms with van der Waals surface area (Å²) in [5.74, 6) is -0.0697. The Bertz CT molecular complexity index is 783. The number of nitrogens with zero attached hydrogens (tertiary/aromatic N) is 4. The zero-order valence-corrected chi connectivity index (χ0v) is 11.8. The van der Waals surface area contributed by atoms with Gasteiger partial charge in [0.1, 0.15) is 5.82 Å². The molecule has 0 saturated heterocycles. The van der Waals surface area contributed by atoms with E-state index in [1.165, 1.54) is 10.7 Å². The van der Waals surface area contributed by atoms with E-state index in [0.29, 0.717) is 16.5 Å². The van der Waals surface area contributed by atoms with Crippen LogP contribution in [0.2, 0.25) is 0 Å². The van der Waals surface area contributed by atoms with Gasteiger partial charge in [0.25, 0.3) is 0 Å². The van der Waals surface area contributed by atoms with Crippen LogP contribution in [0.4, 0.5) is 4.39 Å². The predicted molar refractivity (Wildman–Crippen MR) is 82.1 cm³/mol. The third-order valence-corrected chi connectivity index (χ3v) is 3.14. The van der Waals surface area contributed by atoms with Crippen LogP contribution in [-0.4, -0.2) is 21.1 Å². The SMILES string of the molecule is Fc1ccccc1-c1nnc(S)n1/N=C/c1ccccc1. The van der Waals surface area contributed by atoms with Crippen LogP contribution in [0.3, 0.4) is 0 Å². The Morgan fingerprint density at radius 2 is 1.71 bits per heavy atom. The van der Waals surface area contributed by atoms with Gasteiger partial charge < -0.3 is 0 Å². The summed E-state index contributed by atoms with van der Waals surface area (Å²) >= 11 is 4.20. The molecule has 2 aromatic carbocycles. The van der Waals surface area contributed by atoms with E-state index in [-0.39, 0.29) is 5.82 Å². The van der Waals surface area contributed by atoms with Gasteiger partial charge in [0.05, 0.1) is 11.8 Å². The van der Waals surface area contributed by atoms with Crippen molar-refractivity contribution in [3.63, 3.8) is 0 Å². The first-order valence-corrected chi connectivity index (χ1v) is 6.69. The highest BCUT2D eigenvalue weighted by Gasteiger charge is 2.14. The number of halogens is 1. The second-order valence-corrected chi connectivity index (χ2v) is 4.67. The van der Waals surface area contributed by atoms with Crippen LogP contribution in [0.15, 0.2) is 64.9 Å². The van der Waals surface area contributed by atoms with Crippen LogP contribution in [0.5, 0.6) is 0 Å². The summed E-state index contributed by atoms with van der Waals surface area (Å²) in [6.45, 7) is 0. The molecule has 21 heavy (non-hydrogen) atoms. The van der Waals surface area contributed by atoms with Crippen LogP contribution < -0.4 is 0 Å². The number of hydrogen-bond acceptors (Lipinski definition) is 4. The average molecular weight is 298 g/mol. The van der Waals surface area contributed by atoms with Gasteiger partial charge in [0.2, 0.25) is 5.16 Å². The number of rotatable bonds is 3. The molecule has 0 bridgehead atoms. The van der Waals surface area contributed by atoms with Crippen molar-refractivity contribution in [2.45, 2.75) is 5.16 Å². The molecule has 0 radical (unpaired) electrons. The van der Waals surface area contributed by atoms with Gasteiger partial charge in [-0.1, -0.05) is 42.5 Å². The van der Waals surface area contributed by atoms with Crippen LogP contribution in [0.1, 0.15) is 5.56 Å². The van der Waals surface area contributed by atoms with E-state index < -0.39 is 0 Å². The zero-order chi connectivity index (χ0) is 14.7. The van der Waals surface area contributed by atoms with Gasteiger partial charge in [0.15, 0.2) is 5.82 Å². The molecule has 3 aromatic rings. The fourth-order valence-corrected chi connectivity index (χ4v) is 2.04. The predicted octanol–water partition coefficient (Wildman–Crippen LogP) is 3.26. The molecular formula is C15H11FN4S. The molecule has 0 atom stereocenters. The highest BCUT2D eigenvalue weighted by molar-refractivity contribution is 7.80. The number of benzene rings is 2. The molecule has 0 spiro atoms. The Morgan fingerprint density at radius 3 is 2.48 bits per heavy atom. The molecule has 4 nitrogen and oxygen atoms in total. The Balaban J connectivity index is 2.02. The third-order valence-electron chi connectivity index (χ3n) is 2.86. The lowest BCUT2D eigenvalue weighted by atomic mass is 10.2. The largest absolute Gasteiger partial charge is 0.209 e. The molecule has 0 aliphatic rings. The summed E-state index contributed by atoms with van der Waals surface area (Å²) in [7, 11) is 0. The van der Waals surface area contributed by atoms with E-state index in [4.69, 9.17) is 0 Å². The van der Waals surface area contributed by atoms with Crippen LogP contribution in [0, 0.1) is 5.82 Å². The molecule has 6 heteroatoms. The van der Waals surface area contributed by atoms with Gasteiger partial charge in [-0.2, -0.15) is 9.78 Å². The smallest absolute Gasteiger partial charge is 0.206 e. The average Bonchev–Trinajstić information content (AvgIpc) is 2.88. The van der Waals surface area contributed by atoms with Crippen LogP contribution in [-0.2, 0) is 0 Å². The van der Waals surface area contributed by atoms with Gasteiger partial charge in [0, 0.05) is 0 Å². The minimum absolute atomic E-state index is 0.292. The number of hydrogen-bond donors (Lipinski definition) is 1. The van der Waals surface area contributed by atoms with Crippen molar-refractivity contribution in [1.29, 1.82) is 0 Å². The van der Waals surface area contributed by atoms with E-state index in [2.05, 4.69) is 27.9 Å². The minimum atomic E-state index is -0.380. The van der Waals surface area contributed by atoms with Crippen molar-refractivity contribution in [1.82, 2.24) is 14.9 Å². The molecule has 3 rings (SSSR count). The van der Waals surface area contributed by atoms with Crippen LogP contribution in [0.25, 0.3) is 11.4 Å². The van der Waals surface area contributed by atoms with Crippen molar-refractivity contribution in [2.24, 2.45) is 5.10 Å². The molecule has 1 heterocycles. The molecule has 0 N–H and O–H groups in total. The van der Waals surface area contributed by atoms with Crippen molar-refractivity contribution in [3.05, 3.63) is 66.0 Å². The molecule has 0 saturated carbocycles. The van der Waals surface area contributed by atoms with Crippen LogP contribution >= 0.6 is 12.6 Å². The molecular weight excluding hydrogens is 287 g/mol. The molecule has 0 unspecified atom stereocenters. The summed E-state index contributed by atoms with van der Waals surface area (Å²) < 4.78 is 15.3. The number of aromatic nitrogens is 3. The second kappa shape index (κ2) is 5.88. The zero-order valence-electron chi connectivity index (χ0n) is 10.9. The van der Waals surface area contributed by atoms with Gasteiger partial charge in [-0.15, -0.1) is 22.8 Å². The maximum Gasteiger partial charge on any atom is 0.209 e. The first-order valence-electron chi connectivity index (χ1n) is 6.24. The number of thiol groups is 1. The molecule has 0 aliphatic carbocycles. The normalized spacial score (nSPS) is 11.1. The quantitative estimate of drug-likeness (QED) is 0.596.